The third-order valence-electron chi connectivity index (χ3n) is 2.26. The molecule has 0 spiro atoms. The largest absolute Gasteiger partial charge is 0.479 e. The lowest BCUT2D eigenvalue weighted by molar-refractivity contribution is -0.147. The third kappa shape index (κ3) is 2.34. The molecular weight excluding hydrogens is 227 g/mol. The van der Waals surface area contributed by atoms with Crippen molar-refractivity contribution in [2.75, 3.05) is 0 Å². The Morgan fingerprint density at radius 3 is 2.41 bits per heavy atom. The van der Waals surface area contributed by atoms with Crippen LogP contribution in [0, 0.1) is 5.82 Å². The second-order valence-corrected chi connectivity index (χ2v) is 3.45. The molecule has 0 aliphatic heterocycles. The molecule has 1 atom stereocenters. The van der Waals surface area contributed by atoms with Crippen molar-refractivity contribution in [2.45, 2.75) is 6.10 Å². The van der Waals surface area contributed by atoms with Gasteiger partial charge in [-0.25, -0.2) is 9.18 Å². The number of aliphatic hydroxyl groups excluding tert-OH is 1. The van der Waals surface area contributed by atoms with Gasteiger partial charge < -0.3 is 14.6 Å². The zero-order chi connectivity index (χ0) is 12.4. The zero-order valence-corrected chi connectivity index (χ0v) is 8.63. The number of benzene rings is 1. The first-order chi connectivity index (χ1) is 8.08. The molecule has 5 heteroatoms. The maximum Gasteiger partial charge on any atom is 0.340 e. The third-order valence-corrected chi connectivity index (χ3v) is 2.26. The summed E-state index contributed by atoms with van der Waals surface area (Å²) in [5.41, 5.74) is 0.607. The first-order valence-electron chi connectivity index (χ1n) is 4.84. The lowest BCUT2D eigenvalue weighted by atomic mass is 10.2. The standard InChI is InChI=1S/C12H9FO4/c13-8-3-1-7(2-4-8)9-5-6-10(17-9)11(14)12(15)16/h1-6,11,14H,(H,15,16). The number of carboxylic acids is 1. The van der Waals surface area contributed by atoms with Crippen molar-refractivity contribution in [3.63, 3.8) is 0 Å². The number of hydrogen-bond acceptors (Lipinski definition) is 3. The molecular formula is C12H9FO4. The van der Waals surface area contributed by atoms with Crippen LogP contribution in [0.1, 0.15) is 11.9 Å². The average molecular weight is 236 g/mol. The highest BCUT2D eigenvalue weighted by Gasteiger charge is 2.20. The molecule has 17 heavy (non-hydrogen) atoms. The SMILES string of the molecule is O=C(O)C(O)c1ccc(-c2ccc(F)cc2)o1. The predicted octanol–water partition coefficient (Wildman–Crippen LogP) is 2.20. The van der Waals surface area contributed by atoms with E-state index in [1.165, 1.54) is 36.4 Å². The van der Waals surface area contributed by atoms with E-state index >= 15 is 0 Å². The zero-order valence-electron chi connectivity index (χ0n) is 8.63. The molecule has 88 valence electrons. The summed E-state index contributed by atoms with van der Waals surface area (Å²) in [5.74, 6) is -1.44. The molecule has 0 radical (unpaired) electrons. The predicted molar refractivity (Wildman–Crippen MR) is 56.7 cm³/mol. The van der Waals surface area contributed by atoms with Gasteiger partial charge in [-0.1, -0.05) is 0 Å². The van der Waals surface area contributed by atoms with Crippen LogP contribution in [-0.4, -0.2) is 16.2 Å². The normalized spacial score (nSPS) is 12.4. The topological polar surface area (TPSA) is 70.7 Å². The number of halogens is 1. The number of carboxylic acid groups (broad SMARTS) is 1. The van der Waals surface area contributed by atoms with Crippen molar-refractivity contribution in [1.29, 1.82) is 0 Å². The second kappa shape index (κ2) is 4.39. The minimum Gasteiger partial charge on any atom is -0.479 e. The number of hydrogen-bond donors (Lipinski definition) is 2. The van der Waals surface area contributed by atoms with Crippen LogP contribution < -0.4 is 0 Å². The minimum absolute atomic E-state index is 0.0585. The summed E-state index contributed by atoms with van der Waals surface area (Å²) in [7, 11) is 0. The Bertz CT molecular complexity index is 530. The molecule has 0 fully saturated rings. The van der Waals surface area contributed by atoms with Crippen molar-refractivity contribution in [1.82, 2.24) is 0 Å². The van der Waals surface area contributed by atoms with Gasteiger partial charge in [-0.2, -0.15) is 0 Å². The molecule has 0 saturated carbocycles. The Kier molecular flexibility index (Phi) is 2.93. The van der Waals surface area contributed by atoms with Crippen molar-refractivity contribution in [2.24, 2.45) is 0 Å². The highest BCUT2D eigenvalue weighted by Crippen LogP contribution is 2.25. The highest BCUT2D eigenvalue weighted by molar-refractivity contribution is 5.73. The molecule has 0 aliphatic carbocycles. The van der Waals surface area contributed by atoms with Gasteiger partial charge in [0.05, 0.1) is 0 Å². The van der Waals surface area contributed by atoms with E-state index in [2.05, 4.69) is 0 Å². The fourth-order valence-electron chi connectivity index (χ4n) is 1.39. The average Bonchev–Trinajstić information content (AvgIpc) is 2.78. The summed E-state index contributed by atoms with van der Waals surface area (Å²) >= 11 is 0. The smallest absolute Gasteiger partial charge is 0.340 e. The molecule has 0 bridgehead atoms. The number of furan rings is 1. The molecule has 1 unspecified atom stereocenters. The van der Waals surface area contributed by atoms with Gasteiger partial charge in [0.2, 0.25) is 6.10 Å². The fourth-order valence-corrected chi connectivity index (χ4v) is 1.39. The first-order valence-corrected chi connectivity index (χ1v) is 4.84. The number of carbonyl (C=O) groups is 1. The summed E-state index contributed by atoms with van der Waals surface area (Å²) in [6.07, 6.45) is -1.69. The Morgan fingerprint density at radius 2 is 1.82 bits per heavy atom. The molecule has 0 saturated heterocycles. The quantitative estimate of drug-likeness (QED) is 0.857. The van der Waals surface area contributed by atoms with Gasteiger partial charge in [0.25, 0.3) is 0 Å². The molecule has 1 heterocycles. The Labute approximate surface area is 95.9 Å². The molecule has 2 rings (SSSR count). The van der Waals surface area contributed by atoms with Gasteiger partial charge in [0.15, 0.2) is 0 Å². The Morgan fingerprint density at radius 1 is 1.18 bits per heavy atom. The summed E-state index contributed by atoms with van der Waals surface area (Å²) in [6.45, 7) is 0. The van der Waals surface area contributed by atoms with E-state index in [1.807, 2.05) is 0 Å². The number of aliphatic hydroxyl groups is 1. The van der Waals surface area contributed by atoms with Crippen molar-refractivity contribution in [3.05, 3.63) is 48.0 Å². The van der Waals surface area contributed by atoms with Crippen LogP contribution in [0.3, 0.4) is 0 Å². The van der Waals surface area contributed by atoms with E-state index in [-0.39, 0.29) is 11.6 Å². The summed E-state index contributed by atoms with van der Waals surface area (Å²) < 4.78 is 17.9. The van der Waals surface area contributed by atoms with Crippen LogP contribution in [0.15, 0.2) is 40.8 Å². The fraction of sp³-hybridized carbons (Fsp3) is 0.0833. The molecule has 1 aromatic carbocycles. The first kappa shape index (κ1) is 11.3. The second-order valence-electron chi connectivity index (χ2n) is 3.45. The summed E-state index contributed by atoms with van der Waals surface area (Å²) in [5, 5.41) is 17.8. The van der Waals surface area contributed by atoms with Crippen molar-refractivity contribution >= 4 is 5.97 Å². The highest BCUT2D eigenvalue weighted by atomic mass is 19.1. The molecule has 0 aliphatic rings. The lowest BCUT2D eigenvalue weighted by Crippen LogP contribution is -2.09. The van der Waals surface area contributed by atoms with Gasteiger partial charge >= 0.3 is 5.97 Å². The van der Waals surface area contributed by atoms with E-state index < -0.39 is 12.1 Å². The molecule has 0 amide bonds. The van der Waals surface area contributed by atoms with Crippen LogP contribution in [0.2, 0.25) is 0 Å². The van der Waals surface area contributed by atoms with Crippen LogP contribution in [0.5, 0.6) is 0 Å². The monoisotopic (exact) mass is 236 g/mol. The Hall–Kier alpha value is -2.14. The lowest BCUT2D eigenvalue weighted by Gasteiger charge is -2.01. The van der Waals surface area contributed by atoms with E-state index in [0.29, 0.717) is 11.3 Å². The maximum absolute atomic E-state index is 12.7. The maximum atomic E-state index is 12.7. The number of aliphatic carboxylic acids is 1. The molecule has 1 aromatic heterocycles. The van der Waals surface area contributed by atoms with Gasteiger partial charge in [-0.3, -0.25) is 0 Å². The van der Waals surface area contributed by atoms with Crippen LogP contribution in [0.25, 0.3) is 11.3 Å². The number of rotatable bonds is 3. The van der Waals surface area contributed by atoms with Gasteiger partial charge in [-0.05, 0) is 36.4 Å². The van der Waals surface area contributed by atoms with Crippen molar-refractivity contribution < 1.29 is 23.8 Å². The van der Waals surface area contributed by atoms with E-state index in [9.17, 15) is 14.3 Å². The minimum atomic E-state index is -1.69. The van der Waals surface area contributed by atoms with Crippen LogP contribution in [0.4, 0.5) is 4.39 Å². The van der Waals surface area contributed by atoms with E-state index in [0.717, 1.165) is 0 Å². The van der Waals surface area contributed by atoms with Gasteiger partial charge in [0, 0.05) is 5.56 Å². The van der Waals surface area contributed by atoms with Crippen molar-refractivity contribution in [3.8, 4) is 11.3 Å². The van der Waals surface area contributed by atoms with Gasteiger partial charge in [-0.15, -0.1) is 0 Å². The summed E-state index contributed by atoms with van der Waals surface area (Å²) in [4.78, 5) is 10.5. The van der Waals surface area contributed by atoms with E-state index in [1.54, 1.807) is 0 Å². The molecule has 2 aromatic rings. The van der Waals surface area contributed by atoms with Crippen LogP contribution in [-0.2, 0) is 4.79 Å². The van der Waals surface area contributed by atoms with Crippen LogP contribution >= 0.6 is 0 Å². The Balaban J connectivity index is 2.29. The molecule has 2 N–H and O–H groups in total. The van der Waals surface area contributed by atoms with Gasteiger partial charge in [0.1, 0.15) is 17.3 Å². The molecule has 4 nitrogen and oxygen atoms in total. The summed E-state index contributed by atoms with van der Waals surface area (Å²) in [6, 6.07) is 8.44. The van der Waals surface area contributed by atoms with E-state index in [4.69, 9.17) is 9.52 Å².